The van der Waals surface area contributed by atoms with Crippen LogP contribution in [0.1, 0.15) is 0 Å². The van der Waals surface area contributed by atoms with Crippen LogP contribution >= 0.6 is 0 Å². The van der Waals surface area contributed by atoms with E-state index >= 15 is 0 Å². The van der Waals surface area contributed by atoms with Crippen LogP contribution < -0.4 is 16.6 Å². The Hall–Kier alpha value is -1.93. The normalized spacial score (nSPS) is 10.4. The summed E-state index contributed by atoms with van der Waals surface area (Å²) in [5, 5.41) is 13.7. The lowest BCUT2D eigenvalue weighted by Gasteiger charge is -2.11. The van der Waals surface area contributed by atoms with Gasteiger partial charge in [0.15, 0.2) is 0 Å². The van der Waals surface area contributed by atoms with Gasteiger partial charge in [0, 0.05) is 19.2 Å². The minimum absolute atomic E-state index is 0.0669. The van der Waals surface area contributed by atoms with E-state index in [9.17, 15) is 10.1 Å². The van der Waals surface area contributed by atoms with Crippen LogP contribution in [0.2, 0.25) is 0 Å². The first-order chi connectivity index (χ1) is 8.04. The fourth-order valence-electron chi connectivity index (χ4n) is 1.21. The maximum atomic E-state index is 10.8. The molecule has 1 rings (SSSR count). The number of nitrogens with one attached hydrogen (secondary N) is 2. The molecule has 1 aromatic heterocycles. The number of aromatic nitrogens is 1. The molecular formula is C9H16N6O2. The van der Waals surface area contributed by atoms with Crippen molar-refractivity contribution in [3.63, 3.8) is 0 Å². The number of pyridine rings is 1. The Bertz CT molecular complexity index is 395. The van der Waals surface area contributed by atoms with Crippen LogP contribution in [0.3, 0.4) is 0 Å². The number of hydrogen-bond donors (Lipinski definition) is 3. The average molecular weight is 240 g/mol. The number of likely N-dealkylation sites (N-methyl/N-ethyl adjacent to an activating group) is 1. The Kier molecular flexibility index (Phi) is 4.61. The van der Waals surface area contributed by atoms with Crippen molar-refractivity contribution in [1.29, 1.82) is 0 Å². The standard InChI is InChI=1S/C9H16N6O2/c1-14(2)6-5-11-9-7(15(16)17)3-4-8(12-9)13-10/h3-4H,5-6,10H2,1-2H3,(H2,11,12,13). The van der Waals surface area contributed by atoms with Gasteiger partial charge in [-0.05, 0) is 20.2 Å². The Balaban J connectivity index is 2.82. The average Bonchev–Trinajstić information content (AvgIpc) is 2.28. The number of hydrazine groups is 1. The summed E-state index contributed by atoms with van der Waals surface area (Å²) in [5.41, 5.74) is 2.28. The first-order valence-electron chi connectivity index (χ1n) is 5.05. The molecule has 0 atom stereocenters. The van der Waals surface area contributed by atoms with E-state index < -0.39 is 4.92 Å². The Morgan fingerprint density at radius 1 is 1.53 bits per heavy atom. The molecule has 0 fully saturated rings. The predicted octanol–water partition coefficient (Wildman–Crippen LogP) is 0.249. The van der Waals surface area contributed by atoms with Crippen LogP contribution in [-0.4, -0.2) is 42.0 Å². The molecule has 0 radical (unpaired) electrons. The third kappa shape index (κ3) is 3.85. The summed E-state index contributed by atoms with van der Waals surface area (Å²) < 4.78 is 0. The van der Waals surface area contributed by atoms with Crippen molar-refractivity contribution in [2.75, 3.05) is 37.9 Å². The van der Waals surface area contributed by atoms with Crippen LogP contribution in [0, 0.1) is 10.1 Å². The van der Waals surface area contributed by atoms with Crippen LogP contribution in [0.4, 0.5) is 17.3 Å². The second kappa shape index (κ2) is 5.97. The van der Waals surface area contributed by atoms with E-state index in [1.54, 1.807) is 0 Å². The lowest BCUT2D eigenvalue weighted by atomic mass is 10.3. The summed E-state index contributed by atoms with van der Waals surface area (Å²) in [7, 11) is 3.84. The van der Waals surface area contributed by atoms with Crippen molar-refractivity contribution in [2.45, 2.75) is 0 Å². The van der Waals surface area contributed by atoms with Crippen LogP contribution in [0.5, 0.6) is 0 Å². The molecule has 0 aliphatic heterocycles. The molecule has 1 aromatic rings. The van der Waals surface area contributed by atoms with Gasteiger partial charge in [-0.25, -0.2) is 10.8 Å². The Labute approximate surface area is 98.9 Å². The number of nitro groups is 1. The minimum Gasteiger partial charge on any atom is -0.363 e. The van der Waals surface area contributed by atoms with Gasteiger partial charge >= 0.3 is 5.69 Å². The van der Waals surface area contributed by atoms with Crippen LogP contribution in [-0.2, 0) is 0 Å². The molecule has 0 unspecified atom stereocenters. The summed E-state index contributed by atoms with van der Waals surface area (Å²) >= 11 is 0. The summed E-state index contributed by atoms with van der Waals surface area (Å²) in [5.74, 6) is 5.80. The highest BCUT2D eigenvalue weighted by Crippen LogP contribution is 2.23. The number of nitrogen functional groups attached to an aromatic ring is 1. The molecule has 0 saturated carbocycles. The molecule has 0 saturated heterocycles. The number of hydrogen-bond acceptors (Lipinski definition) is 7. The van der Waals surface area contributed by atoms with Gasteiger partial charge in [-0.3, -0.25) is 10.1 Å². The summed E-state index contributed by atoms with van der Waals surface area (Å²) in [6.45, 7) is 1.31. The molecular weight excluding hydrogens is 224 g/mol. The predicted molar refractivity (Wildman–Crippen MR) is 65.7 cm³/mol. The highest BCUT2D eigenvalue weighted by molar-refractivity contribution is 5.59. The molecule has 0 amide bonds. The molecule has 4 N–H and O–H groups in total. The largest absolute Gasteiger partial charge is 0.363 e. The molecule has 0 aromatic carbocycles. The minimum atomic E-state index is -0.481. The first kappa shape index (κ1) is 13.1. The van der Waals surface area contributed by atoms with Gasteiger partial charge in [0.25, 0.3) is 0 Å². The van der Waals surface area contributed by atoms with Crippen molar-refractivity contribution in [3.8, 4) is 0 Å². The van der Waals surface area contributed by atoms with Gasteiger partial charge in [-0.15, -0.1) is 0 Å². The van der Waals surface area contributed by atoms with E-state index in [-0.39, 0.29) is 11.5 Å². The van der Waals surface area contributed by atoms with E-state index in [0.717, 1.165) is 6.54 Å². The maximum Gasteiger partial charge on any atom is 0.311 e. The Morgan fingerprint density at radius 2 is 2.24 bits per heavy atom. The highest BCUT2D eigenvalue weighted by atomic mass is 16.6. The molecule has 1 heterocycles. The molecule has 0 aliphatic carbocycles. The smallest absolute Gasteiger partial charge is 0.311 e. The lowest BCUT2D eigenvalue weighted by Crippen LogP contribution is -2.21. The van der Waals surface area contributed by atoms with Crippen molar-refractivity contribution < 1.29 is 4.92 Å². The highest BCUT2D eigenvalue weighted by Gasteiger charge is 2.15. The fraction of sp³-hybridized carbons (Fsp3) is 0.444. The topological polar surface area (TPSA) is 109 Å². The zero-order valence-electron chi connectivity index (χ0n) is 9.80. The molecule has 0 aliphatic rings. The van der Waals surface area contributed by atoms with Gasteiger partial charge in [0.2, 0.25) is 5.82 Å². The van der Waals surface area contributed by atoms with Gasteiger partial charge in [0.05, 0.1) is 4.92 Å². The van der Waals surface area contributed by atoms with Crippen molar-refractivity contribution >= 4 is 17.3 Å². The van der Waals surface area contributed by atoms with E-state index in [1.165, 1.54) is 12.1 Å². The third-order valence-electron chi connectivity index (χ3n) is 2.07. The fourth-order valence-corrected chi connectivity index (χ4v) is 1.21. The van der Waals surface area contributed by atoms with Crippen molar-refractivity contribution in [1.82, 2.24) is 9.88 Å². The second-order valence-corrected chi connectivity index (χ2v) is 3.70. The third-order valence-corrected chi connectivity index (χ3v) is 2.07. The molecule has 0 spiro atoms. The number of rotatable bonds is 6. The van der Waals surface area contributed by atoms with Gasteiger partial charge in [-0.2, -0.15) is 0 Å². The van der Waals surface area contributed by atoms with Crippen LogP contribution in [0.25, 0.3) is 0 Å². The number of nitrogens with zero attached hydrogens (tertiary/aromatic N) is 3. The molecule has 0 bridgehead atoms. The van der Waals surface area contributed by atoms with Crippen molar-refractivity contribution in [2.24, 2.45) is 5.84 Å². The zero-order chi connectivity index (χ0) is 12.8. The second-order valence-electron chi connectivity index (χ2n) is 3.70. The van der Waals surface area contributed by atoms with E-state index in [0.29, 0.717) is 12.4 Å². The molecule has 8 heteroatoms. The Morgan fingerprint density at radius 3 is 2.76 bits per heavy atom. The number of anilines is 2. The monoisotopic (exact) mass is 240 g/mol. The van der Waals surface area contributed by atoms with Gasteiger partial charge < -0.3 is 15.6 Å². The molecule has 94 valence electrons. The maximum absolute atomic E-state index is 10.8. The zero-order valence-corrected chi connectivity index (χ0v) is 9.80. The first-order valence-corrected chi connectivity index (χ1v) is 5.05. The quantitative estimate of drug-likeness (QED) is 0.371. The lowest BCUT2D eigenvalue weighted by molar-refractivity contribution is -0.384. The molecule has 8 nitrogen and oxygen atoms in total. The van der Waals surface area contributed by atoms with Gasteiger partial charge in [0.1, 0.15) is 5.82 Å². The summed E-state index contributed by atoms with van der Waals surface area (Å²) in [6.07, 6.45) is 0. The molecule has 17 heavy (non-hydrogen) atoms. The number of nitrogens with two attached hydrogens (primary N) is 1. The van der Waals surface area contributed by atoms with Crippen LogP contribution in [0.15, 0.2) is 12.1 Å². The van der Waals surface area contributed by atoms with Gasteiger partial charge in [-0.1, -0.05) is 0 Å². The summed E-state index contributed by atoms with van der Waals surface area (Å²) in [6, 6.07) is 2.81. The van der Waals surface area contributed by atoms with E-state index in [2.05, 4.69) is 15.7 Å². The SMILES string of the molecule is CN(C)CCNc1nc(NN)ccc1[N+](=O)[O-]. The van der Waals surface area contributed by atoms with E-state index in [1.807, 2.05) is 19.0 Å². The van der Waals surface area contributed by atoms with E-state index in [4.69, 9.17) is 5.84 Å². The van der Waals surface area contributed by atoms with Crippen molar-refractivity contribution in [3.05, 3.63) is 22.2 Å². The summed E-state index contributed by atoms with van der Waals surface area (Å²) in [4.78, 5) is 16.3.